The number of esters is 1. The number of benzene rings is 3. The van der Waals surface area contributed by atoms with Gasteiger partial charge >= 0.3 is 5.97 Å². The van der Waals surface area contributed by atoms with Crippen molar-refractivity contribution < 1.29 is 28.5 Å². The summed E-state index contributed by atoms with van der Waals surface area (Å²) < 4.78 is 31.4. The molecule has 0 amide bonds. The summed E-state index contributed by atoms with van der Waals surface area (Å²) in [6, 6.07) is 15.5. The van der Waals surface area contributed by atoms with Gasteiger partial charge in [0.2, 0.25) is 0 Å². The Kier molecular flexibility index (Phi) is 11.5. The van der Waals surface area contributed by atoms with Crippen LogP contribution in [0.1, 0.15) is 43.5 Å². The van der Waals surface area contributed by atoms with Gasteiger partial charge in [-0.05, 0) is 68.3 Å². The van der Waals surface area contributed by atoms with Crippen molar-refractivity contribution in [2.24, 2.45) is 4.99 Å². The Labute approximate surface area is 295 Å². The third-order valence-corrected chi connectivity index (χ3v) is 9.41. The molecule has 1 unspecified atom stereocenters. The van der Waals surface area contributed by atoms with Crippen LogP contribution in [0.3, 0.4) is 0 Å². The molecular formula is C36H34BrClN2O7S. The number of carbonyl (C=O) groups excluding carboxylic acids is 1. The molecule has 4 aromatic rings. The van der Waals surface area contributed by atoms with Crippen LogP contribution in [-0.2, 0) is 16.1 Å². The van der Waals surface area contributed by atoms with Gasteiger partial charge in [0.1, 0.15) is 13.2 Å². The van der Waals surface area contributed by atoms with Gasteiger partial charge in [0.15, 0.2) is 27.8 Å². The van der Waals surface area contributed by atoms with Crippen molar-refractivity contribution in [1.82, 2.24) is 4.57 Å². The van der Waals surface area contributed by atoms with Gasteiger partial charge in [-0.15, -0.1) is 0 Å². The van der Waals surface area contributed by atoms with E-state index in [0.29, 0.717) is 65.3 Å². The van der Waals surface area contributed by atoms with Crippen LogP contribution in [0, 0.1) is 0 Å². The van der Waals surface area contributed by atoms with Crippen molar-refractivity contribution >= 4 is 50.9 Å². The van der Waals surface area contributed by atoms with Crippen LogP contribution in [0.5, 0.6) is 23.0 Å². The molecule has 5 rings (SSSR count). The molecule has 0 bridgehead atoms. The number of carbonyl (C=O) groups is 1. The highest BCUT2D eigenvalue weighted by Gasteiger charge is 2.34. The summed E-state index contributed by atoms with van der Waals surface area (Å²) in [5.74, 6) is 1.42. The summed E-state index contributed by atoms with van der Waals surface area (Å²) >= 11 is 11.2. The molecule has 0 spiro atoms. The number of methoxy groups -OCH3 is 1. The number of thiazole rings is 1. The highest BCUT2D eigenvalue weighted by molar-refractivity contribution is 9.10. The molecule has 1 aliphatic heterocycles. The fourth-order valence-corrected chi connectivity index (χ4v) is 6.85. The number of rotatable bonds is 13. The minimum absolute atomic E-state index is 0.166. The van der Waals surface area contributed by atoms with Crippen molar-refractivity contribution in [3.8, 4) is 23.0 Å². The zero-order valence-electron chi connectivity index (χ0n) is 26.9. The molecule has 0 fully saturated rings. The van der Waals surface area contributed by atoms with Gasteiger partial charge in [-0.25, -0.2) is 9.79 Å². The molecular weight excluding hydrogens is 720 g/mol. The highest BCUT2D eigenvalue weighted by atomic mass is 79.9. The van der Waals surface area contributed by atoms with Crippen molar-refractivity contribution in [1.29, 1.82) is 0 Å². The first kappa shape index (κ1) is 35.0. The Balaban J connectivity index is 1.61. The standard InChI is InChI=1S/C36H34BrClN2O7S/c1-6-15-46-27-14-13-22(16-29(27)44-7-2)33-32(35(42)45-8-3)21(4)39-36-40(33)34(41)31(48-36)18-24-17-28(43-5)30(19-25(24)37)47-20-23-11-9-10-12-26(23)38/h6,9-14,16-19,33H,1,7-8,15,20H2,2-5H3. The summed E-state index contributed by atoms with van der Waals surface area (Å²) in [6.07, 6.45) is 3.40. The lowest BCUT2D eigenvalue weighted by Crippen LogP contribution is -2.40. The summed E-state index contributed by atoms with van der Waals surface area (Å²) in [5, 5.41) is 0.605. The maximum Gasteiger partial charge on any atom is 0.338 e. The Morgan fingerprint density at radius 1 is 1.04 bits per heavy atom. The SMILES string of the molecule is C=CCOc1ccc(C2C(C(=O)OCC)=C(C)N=c3sc(=Cc4cc(OC)c(OCc5ccccc5Cl)cc4Br)c(=O)n32)cc1OCC. The average molecular weight is 754 g/mol. The number of hydrogen-bond acceptors (Lipinski definition) is 9. The first-order valence-electron chi connectivity index (χ1n) is 15.1. The first-order chi connectivity index (χ1) is 23.2. The number of nitrogens with zero attached hydrogens (tertiary/aromatic N) is 2. The second-order valence-electron chi connectivity index (χ2n) is 10.4. The van der Waals surface area contributed by atoms with Crippen molar-refractivity contribution in [3.63, 3.8) is 0 Å². The van der Waals surface area contributed by atoms with Crippen LogP contribution >= 0.6 is 38.9 Å². The van der Waals surface area contributed by atoms with E-state index in [2.05, 4.69) is 27.5 Å². The number of fused-ring (bicyclic) bond motifs is 1. The molecule has 1 atom stereocenters. The molecule has 0 saturated carbocycles. The fourth-order valence-electron chi connectivity index (χ4n) is 5.18. The lowest BCUT2D eigenvalue weighted by molar-refractivity contribution is -0.139. The van der Waals surface area contributed by atoms with Crippen molar-refractivity contribution in [2.45, 2.75) is 33.4 Å². The second-order valence-corrected chi connectivity index (χ2v) is 12.7. The van der Waals surface area contributed by atoms with Crippen LogP contribution in [-0.4, -0.2) is 37.5 Å². The smallest absolute Gasteiger partial charge is 0.338 e. The molecule has 48 heavy (non-hydrogen) atoms. The van der Waals surface area contributed by atoms with E-state index < -0.39 is 12.0 Å². The van der Waals surface area contributed by atoms with E-state index >= 15 is 0 Å². The Morgan fingerprint density at radius 3 is 2.52 bits per heavy atom. The highest BCUT2D eigenvalue weighted by Crippen LogP contribution is 2.37. The van der Waals surface area contributed by atoms with Crippen LogP contribution < -0.4 is 33.8 Å². The molecule has 1 aromatic heterocycles. The molecule has 0 radical (unpaired) electrons. The Morgan fingerprint density at radius 2 is 1.81 bits per heavy atom. The van der Waals surface area contributed by atoms with E-state index in [1.807, 2.05) is 31.2 Å². The lowest BCUT2D eigenvalue weighted by Gasteiger charge is -2.25. The van der Waals surface area contributed by atoms with Gasteiger partial charge in [-0.3, -0.25) is 9.36 Å². The lowest BCUT2D eigenvalue weighted by atomic mass is 9.95. The molecule has 1 aliphatic rings. The molecule has 0 N–H and O–H groups in total. The summed E-state index contributed by atoms with van der Waals surface area (Å²) in [4.78, 5) is 32.7. The maximum atomic E-state index is 14.2. The predicted molar refractivity (Wildman–Crippen MR) is 190 cm³/mol. The topological polar surface area (TPSA) is 97.6 Å². The number of aromatic nitrogens is 1. The average Bonchev–Trinajstić information content (AvgIpc) is 3.37. The number of halogens is 2. The van der Waals surface area contributed by atoms with Crippen LogP contribution in [0.2, 0.25) is 5.02 Å². The Bertz CT molecular complexity index is 2070. The monoisotopic (exact) mass is 752 g/mol. The molecule has 0 aliphatic carbocycles. The maximum absolute atomic E-state index is 14.2. The fraction of sp³-hybridized carbons (Fsp3) is 0.250. The van der Waals surface area contributed by atoms with Crippen molar-refractivity contribution in [2.75, 3.05) is 26.9 Å². The van der Waals surface area contributed by atoms with Gasteiger partial charge in [-0.2, -0.15) is 0 Å². The van der Waals surface area contributed by atoms with E-state index in [1.165, 1.54) is 15.9 Å². The summed E-state index contributed by atoms with van der Waals surface area (Å²) in [5.41, 5.74) is 2.55. The summed E-state index contributed by atoms with van der Waals surface area (Å²) in [6.45, 7) is 10.1. The third-order valence-electron chi connectivity index (χ3n) is 7.37. The zero-order valence-corrected chi connectivity index (χ0v) is 30.0. The molecule has 9 nitrogen and oxygen atoms in total. The predicted octanol–water partition coefficient (Wildman–Crippen LogP) is 6.77. The Hall–Kier alpha value is -4.32. The molecule has 12 heteroatoms. The quantitative estimate of drug-likeness (QED) is 0.110. The van der Waals surface area contributed by atoms with Gasteiger partial charge in [0.05, 0.1) is 42.2 Å². The molecule has 0 saturated heterocycles. The number of ether oxygens (including phenoxy) is 5. The largest absolute Gasteiger partial charge is 0.493 e. The normalized spacial score (nSPS) is 14.2. The van der Waals surface area contributed by atoms with Crippen LogP contribution in [0.4, 0.5) is 0 Å². The van der Waals surface area contributed by atoms with Gasteiger partial charge in [0, 0.05) is 15.1 Å². The summed E-state index contributed by atoms with van der Waals surface area (Å²) in [7, 11) is 1.55. The number of allylic oxidation sites excluding steroid dienone is 1. The minimum Gasteiger partial charge on any atom is -0.493 e. The van der Waals surface area contributed by atoms with Gasteiger partial charge in [0.25, 0.3) is 5.56 Å². The minimum atomic E-state index is -0.825. The molecule has 3 aromatic carbocycles. The van der Waals surface area contributed by atoms with E-state index in [0.717, 1.165) is 5.56 Å². The van der Waals surface area contributed by atoms with E-state index in [4.69, 9.17) is 35.3 Å². The van der Waals surface area contributed by atoms with Gasteiger partial charge in [-0.1, -0.05) is 75.8 Å². The van der Waals surface area contributed by atoms with Gasteiger partial charge < -0.3 is 23.7 Å². The first-order valence-corrected chi connectivity index (χ1v) is 17.1. The van der Waals surface area contributed by atoms with Crippen molar-refractivity contribution in [3.05, 3.63) is 124 Å². The van der Waals surface area contributed by atoms with E-state index in [-0.39, 0.29) is 31.0 Å². The van der Waals surface area contributed by atoms with Crippen LogP contribution in [0.25, 0.3) is 6.08 Å². The van der Waals surface area contributed by atoms with Crippen LogP contribution in [0.15, 0.2) is 92.8 Å². The third kappa shape index (κ3) is 7.38. The second kappa shape index (κ2) is 15.7. The number of hydrogen-bond donors (Lipinski definition) is 0. The molecule has 2 heterocycles. The van der Waals surface area contributed by atoms with E-state index in [1.54, 1.807) is 63.4 Å². The zero-order chi connectivity index (χ0) is 34.4. The molecule has 250 valence electrons. The van der Waals surface area contributed by atoms with E-state index in [9.17, 15) is 9.59 Å².